The van der Waals surface area contributed by atoms with Crippen molar-refractivity contribution in [3.8, 4) is 0 Å². The normalized spacial score (nSPS) is 23.5. The minimum atomic E-state index is -3.40. The molecule has 1 aromatic heterocycles. The number of likely N-dealkylation sites (tertiary alicyclic amines) is 1. The monoisotopic (exact) mass is 414 g/mol. The maximum Gasteiger partial charge on any atom is 0.256 e. The number of thiazole rings is 1. The van der Waals surface area contributed by atoms with Crippen molar-refractivity contribution in [2.24, 2.45) is 4.40 Å². The van der Waals surface area contributed by atoms with Gasteiger partial charge in [0.25, 0.3) is 15.9 Å². The van der Waals surface area contributed by atoms with E-state index in [1.807, 2.05) is 23.1 Å². The zero-order chi connectivity index (χ0) is 19.3. The van der Waals surface area contributed by atoms with Crippen LogP contribution in [0.2, 0.25) is 0 Å². The summed E-state index contributed by atoms with van der Waals surface area (Å²) in [7, 11) is -3.40. The van der Waals surface area contributed by atoms with E-state index < -0.39 is 10.0 Å². The van der Waals surface area contributed by atoms with Gasteiger partial charge in [0.15, 0.2) is 0 Å². The number of fused-ring (bicyclic) bond motifs is 2. The van der Waals surface area contributed by atoms with Crippen LogP contribution in [-0.2, 0) is 14.8 Å². The van der Waals surface area contributed by atoms with Gasteiger partial charge >= 0.3 is 0 Å². The van der Waals surface area contributed by atoms with Gasteiger partial charge in [0.1, 0.15) is 10.8 Å². The quantitative estimate of drug-likeness (QED) is 0.754. The van der Waals surface area contributed by atoms with Crippen molar-refractivity contribution in [2.45, 2.75) is 18.9 Å². The van der Waals surface area contributed by atoms with E-state index in [0.29, 0.717) is 24.5 Å². The number of para-hydroxylation sites is 1. The van der Waals surface area contributed by atoms with Crippen LogP contribution < -0.4 is 0 Å². The van der Waals surface area contributed by atoms with E-state index in [1.165, 1.54) is 0 Å². The summed E-state index contributed by atoms with van der Waals surface area (Å²) in [6.45, 7) is 1.00. The van der Waals surface area contributed by atoms with E-state index in [1.54, 1.807) is 34.6 Å². The average molecular weight is 415 g/mol. The lowest BCUT2D eigenvalue weighted by molar-refractivity contribution is -0.127. The molecule has 0 bridgehead atoms. The molecule has 144 valence electrons. The van der Waals surface area contributed by atoms with Crippen LogP contribution in [0.1, 0.15) is 23.9 Å². The molecule has 1 saturated heterocycles. The minimum Gasteiger partial charge on any atom is -0.330 e. The number of sulfonamides is 1. The summed E-state index contributed by atoms with van der Waals surface area (Å²) in [5.74, 6) is 0.276. The van der Waals surface area contributed by atoms with Crippen LogP contribution in [0.5, 0.6) is 0 Å². The summed E-state index contributed by atoms with van der Waals surface area (Å²) in [5.41, 5.74) is 1.51. The van der Waals surface area contributed by atoms with E-state index in [4.69, 9.17) is 4.98 Å². The van der Waals surface area contributed by atoms with Gasteiger partial charge in [-0.1, -0.05) is 12.1 Å². The van der Waals surface area contributed by atoms with Crippen LogP contribution in [0.4, 0.5) is 0 Å². The summed E-state index contributed by atoms with van der Waals surface area (Å²) >= 11 is 1.64. The number of hydrogen-bond acceptors (Lipinski definition) is 6. The van der Waals surface area contributed by atoms with Crippen molar-refractivity contribution in [1.29, 1.82) is 0 Å². The Balaban J connectivity index is 1.42. The Hall–Kier alpha value is -2.52. The fourth-order valence-corrected chi connectivity index (χ4v) is 5.88. The van der Waals surface area contributed by atoms with Gasteiger partial charge in [0.05, 0.1) is 27.6 Å². The highest BCUT2D eigenvalue weighted by atomic mass is 32.2. The second kappa shape index (κ2) is 6.52. The van der Waals surface area contributed by atoms with E-state index in [0.717, 1.165) is 28.1 Å². The average Bonchev–Trinajstić information content (AvgIpc) is 3.33. The summed E-state index contributed by atoms with van der Waals surface area (Å²) < 4.78 is 28.2. The van der Waals surface area contributed by atoms with E-state index in [-0.39, 0.29) is 17.7 Å². The van der Waals surface area contributed by atoms with E-state index in [2.05, 4.69) is 10.5 Å². The zero-order valence-corrected chi connectivity index (χ0v) is 16.6. The molecule has 0 radical (unpaired) electrons. The molecule has 7 nitrogen and oxygen atoms in total. The van der Waals surface area contributed by atoms with Crippen molar-refractivity contribution >= 4 is 43.3 Å². The fraction of sp³-hybridized carbons (Fsp3) is 0.316. The lowest BCUT2D eigenvalue weighted by Crippen LogP contribution is -2.39. The second-order valence-electron chi connectivity index (χ2n) is 7.02. The molecular weight excluding hydrogens is 396 g/mol. The molecule has 28 heavy (non-hydrogen) atoms. The van der Waals surface area contributed by atoms with Gasteiger partial charge in [-0.2, -0.15) is 0 Å². The summed E-state index contributed by atoms with van der Waals surface area (Å²) in [5, 5.41) is 0.971. The number of carbonyl (C=O) groups excluding carboxylic acids is 1. The Bertz CT molecular complexity index is 1130. The third-order valence-electron chi connectivity index (χ3n) is 5.18. The van der Waals surface area contributed by atoms with Crippen molar-refractivity contribution in [3.05, 3.63) is 53.2 Å². The zero-order valence-electron chi connectivity index (χ0n) is 15.0. The molecule has 0 spiro atoms. The molecule has 1 atom stereocenters. The van der Waals surface area contributed by atoms with E-state index >= 15 is 0 Å². The maximum absolute atomic E-state index is 13.2. The number of hydrogen-bond donors (Lipinski definition) is 0. The Kier molecular flexibility index (Phi) is 4.09. The topological polar surface area (TPSA) is 82.9 Å². The van der Waals surface area contributed by atoms with Crippen LogP contribution >= 0.6 is 11.3 Å². The third-order valence-corrected chi connectivity index (χ3v) is 7.48. The van der Waals surface area contributed by atoms with Crippen LogP contribution in [0.25, 0.3) is 10.2 Å². The summed E-state index contributed by atoms with van der Waals surface area (Å²) in [6, 6.07) is 8.00. The Morgan fingerprint density at radius 3 is 2.89 bits per heavy atom. The molecule has 3 aliphatic heterocycles. The lowest BCUT2D eigenvalue weighted by Gasteiger charge is -2.29. The first-order valence-electron chi connectivity index (χ1n) is 9.16. The maximum atomic E-state index is 13.2. The molecule has 3 aliphatic rings. The molecule has 2 aromatic rings. The van der Waals surface area contributed by atoms with Crippen LogP contribution in [0, 0.1) is 0 Å². The molecule has 0 aliphatic carbocycles. The molecule has 0 N–H and O–H groups in total. The SMILES string of the molecule is O=C(C1=CN2CCS(=O)(=O)N=C2C=C1)N1CCC[C@@H]1c1nc2ccccc2s1. The second-order valence-corrected chi connectivity index (χ2v) is 9.84. The predicted molar refractivity (Wildman–Crippen MR) is 108 cm³/mol. The largest absolute Gasteiger partial charge is 0.330 e. The van der Waals surface area contributed by atoms with Crippen LogP contribution in [-0.4, -0.2) is 53.8 Å². The van der Waals surface area contributed by atoms with Crippen molar-refractivity contribution in [1.82, 2.24) is 14.8 Å². The van der Waals surface area contributed by atoms with E-state index in [9.17, 15) is 13.2 Å². The fourth-order valence-electron chi connectivity index (χ4n) is 3.79. The number of carbonyl (C=O) groups is 1. The predicted octanol–water partition coefficient (Wildman–Crippen LogP) is 2.46. The molecule has 0 unspecified atom stereocenters. The smallest absolute Gasteiger partial charge is 0.256 e. The molecule has 1 fully saturated rings. The lowest BCUT2D eigenvalue weighted by atomic mass is 10.1. The molecule has 5 rings (SSSR count). The highest BCUT2D eigenvalue weighted by molar-refractivity contribution is 7.90. The first kappa shape index (κ1) is 17.6. The van der Waals surface area contributed by atoms with Gasteiger partial charge in [-0.25, -0.2) is 13.4 Å². The number of rotatable bonds is 2. The van der Waals surface area contributed by atoms with Gasteiger partial charge in [0, 0.05) is 19.3 Å². The van der Waals surface area contributed by atoms with Crippen molar-refractivity contribution in [2.75, 3.05) is 18.8 Å². The van der Waals surface area contributed by atoms with Crippen molar-refractivity contribution in [3.63, 3.8) is 0 Å². The first-order chi connectivity index (χ1) is 13.5. The number of aromatic nitrogens is 1. The number of amidine groups is 1. The van der Waals surface area contributed by atoms with Gasteiger partial charge < -0.3 is 9.80 Å². The summed E-state index contributed by atoms with van der Waals surface area (Å²) in [6.07, 6.45) is 6.82. The Morgan fingerprint density at radius 1 is 1.18 bits per heavy atom. The minimum absolute atomic E-state index is 0.0176. The number of benzene rings is 1. The first-order valence-corrected chi connectivity index (χ1v) is 11.6. The van der Waals surface area contributed by atoms with Crippen LogP contribution in [0.15, 0.2) is 52.6 Å². The summed E-state index contributed by atoms with van der Waals surface area (Å²) in [4.78, 5) is 21.6. The molecular formula is C19H18N4O3S2. The third kappa shape index (κ3) is 3.04. The van der Waals surface area contributed by atoms with Gasteiger partial charge in [0.2, 0.25) is 0 Å². The van der Waals surface area contributed by atoms with Crippen molar-refractivity contribution < 1.29 is 13.2 Å². The molecule has 1 aromatic carbocycles. The standard InChI is InChI=1S/C19H18N4O3S2/c24-19(13-7-8-17-21-28(25,26)11-10-22(17)12-13)23-9-3-5-15(23)18-20-14-4-1-2-6-16(14)27-18/h1-2,4,6-8,12,15H,3,5,9-11H2/t15-/m1/s1. The molecule has 0 saturated carbocycles. The Morgan fingerprint density at radius 2 is 2.04 bits per heavy atom. The van der Waals surface area contributed by atoms with Gasteiger partial charge in [-0.15, -0.1) is 15.7 Å². The highest BCUT2D eigenvalue weighted by Crippen LogP contribution is 2.37. The molecule has 9 heteroatoms. The Labute approximate surface area is 166 Å². The molecule has 4 heterocycles. The van der Waals surface area contributed by atoms with Crippen LogP contribution in [0.3, 0.4) is 0 Å². The van der Waals surface area contributed by atoms with Gasteiger partial charge in [-0.3, -0.25) is 4.79 Å². The number of amides is 1. The number of nitrogens with zero attached hydrogens (tertiary/aromatic N) is 4. The molecule has 1 amide bonds. The van der Waals surface area contributed by atoms with Gasteiger partial charge in [-0.05, 0) is 37.1 Å². The highest BCUT2D eigenvalue weighted by Gasteiger charge is 2.34.